The summed E-state index contributed by atoms with van der Waals surface area (Å²) in [6.45, 7) is 3.74. The molecule has 180 valence electrons. The summed E-state index contributed by atoms with van der Waals surface area (Å²) in [5, 5.41) is 22.0. The van der Waals surface area contributed by atoms with Gasteiger partial charge in [-0.25, -0.2) is 9.59 Å². The number of ether oxygens (including phenoxy) is 1. The number of benzene rings is 2. The highest BCUT2D eigenvalue weighted by Gasteiger charge is 2.42. The van der Waals surface area contributed by atoms with Crippen LogP contribution >= 0.6 is 0 Å². The first-order valence-corrected chi connectivity index (χ1v) is 11.6. The van der Waals surface area contributed by atoms with Gasteiger partial charge in [-0.2, -0.15) is 0 Å². The quantitative estimate of drug-likeness (QED) is 0.578. The molecule has 2 amide bonds. The fourth-order valence-electron chi connectivity index (χ4n) is 4.92. The number of aliphatic hydroxyl groups is 1. The van der Waals surface area contributed by atoms with Crippen molar-refractivity contribution in [3.05, 3.63) is 59.7 Å². The lowest BCUT2D eigenvalue weighted by atomic mass is 9.97. The van der Waals surface area contributed by atoms with E-state index >= 15 is 0 Å². The van der Waals surface area contributed by atoms with Gasteiger partial charge in [0.1, 0.15) is 18.7 Å². The minimum Gasteiger partial charge on any atom is -0.480 e. The van der Waals surface area contributed by atoms with Crippen LogP contribution < -0.4 is 5.32 Å². The Morgan fingerprint density at radius 1 is 1.09 bits per heavy atom. The van der Waals surface area contributed by atoms with Crippen molar-refractivity contribution in [2.75, 3.05) is 13.2 Å². The Hall–Kier alpha value is -3.39. The van der Waals surface area contributed by atoms with E-state index in [2.05, 4.69) is 17.4 Å². The van der Waals surface area contributed by atoms with Crippen LogP contribution in [0.5, 0.6) is 0 Å². The third kappa shape index (κ3) is 4.50. The number of fused-ring (bicyclic) bond motifs is 3. The molecule has 8 heteroatoms. The smallest absolute Gasteiger partial charge is 0.407 e. The molecule has 4 rings (SSSR count). The van der Waals surface area contributed by atoms with Crippen LogP contribution in [-0.2, 0) is 14.3 Å². The predicted octanol–water partition coefficient (Wildman–Crippen LogP) is 2.99. The highest BCUT2D eigenvalue weighted by Crippen LogP contribution is 2.44. The van der Waals surface area contributed by atoms with E-state index in [9.17, 15) is 24.6 Å². The summed E-state index contributed by atoms with van der Waals surface area (Å²) < 4.78 is 5.59. The Labute approximate surface area is 198 Å². The number of hydrogen-bond acceptors (Lipinski definition) is 5. The summed E-state index contributed by atoms with van der Waals surface area (Å²) in [4.78, 5) is 38.7. The SMILES string of the molecule is CCC(C)[C@H](NC(=O)OCC1c2ccccc2-c2ccccc21)C(=O)N1C[C@H](O)C[C@@H]1C(=O)O. The standard InChI is InChI=1S/C26H30N2O6/c1-3-15(2)23(24(30)28-13-16(29)12-22(28)25(31)32)27-26(33)34-14-21-19-10-6-4-8-17(19)18-9-5-7-11-20(18)21/h4-11,15-16,21-23,29H,3,12-14H2,1-2H3,(H,27,33)(H,31,32)/t15?,16-,22-,23+/m1/s1. The number of carboxylic acids is 1. The van der Waals surface area contributed by atoms with Crippen LogP contribution in [-0.4, -0.2) is 64.4 Å². The number of rotatable bonds is 7. The van der Waals surface area contributed by atoms with Crippen molar-refractivity contribution in [3.63, 3.8) is 0 Å². The van der Waals surface area contributed by atoms with Crippen LogP contribution in [0.15, 0.2) is 48.5 Å². The third-order valence-corrected chi connectivity index (χ3v) is 6.94. The van der Waals surface area contributed by atoms with Crippen LogP contribution in [0.1, 0.15) is 43.7 Å². The number of aliphatic hydroxyl groups excluding tert-OH is 1. The summed E-state index contributed by atoms with van der Waals surface area (Å²) in [6.07, 6.45) is -1.07. The number of carbonyl (C=O) groups is 3. The maximum atomic E-state index is 13.2. The largest absolute Gasteiger partial charge is 0.480 e. The predicted molar refractivity (Wildman–Crippen MR) is 125 cm³/mol. The number of carbonyl (C=O) groups excluding carboxylic acids is 2. The van der Waals surface area contributed by atoms with Gasteiger partial charge in [0.05, 0.1) is 6.10 Å². The average molecular weight is 467 g/mol. The second-order valence-electron chi connectivity index (χ2n) is 9.07. The molecular weight excluding hydrogens is 436 g/mol. The van der Waals surface area contributed by atoms with Crippen molar-refractivity contribution < 1.29 is 29.3 Å². The van der Waals surface area contributed by atoms with Gasteiger partial charge in [-0.15, -0.1) is 0 Å². The number of amides is 2. The minimum atomic E-state index is -1.17. The van der Waals surface area contributed by atoms with E-state index < -0.39 is 36.2 Å². The van der Waals surface area contributed by atoms with E-state index in [1.165, 1.54) is 0 Å². The molecule has 2 aromatic carbocycles. The summed E-state index contributed by atoms with van der Waals surface area (Å²) in [6, 6.07) is 14.0. The molecule has 0 radical (unpaired) electrons. The van der Waals surface area contributed by atoms with Crippen molar-refractivity contribution >= 4 is 18.0 Å². The van der Waals surface area contributed by atoms with E-state index in [1.807, 2.05) is 50.2 Å². The summed E-state index contributed by atoms with van der Waals surface area (Å²) in [5.74, 6) is -2.05. The molecule has 2 aliphatic rings. The number of carboxylic acid groups (broad SMARTS) is 1. The molecule has 2 aromatic rings. The molecule has 0 saturated carbocycles. The van der Waals surface area contributed by atoms with E-state index in [-0.39, 0.29) is 31.4 Å². The van der Waals surface area contributed by atoms with Crippen LogP contribution in [0.4, 0.5) is 4.79 Å². The number of hydrogen-bond donors (Lipinski definition) is 3. The zero-order valence-electron chi connectivity index (χ0n) is 19.3. The molecule has 1 unspecified atom stereocenters. The Morgan fingerprint density at radius 2 is 1.68 bits per heavy atom. The van der Waals surface area contributed by atoms with Crippen LogP contribution in [0, 0.1) is 5.92 Å². The average Bonchev–Trinajstić information content (AvgIpc) is 3.38. The third-order valence-electron chi connectivity index (χ3n) is 6.94. The fourth-order valence-corrected chi connectivity index (χ4v) is 4.92. The zero-order chi connectivity index (χ0) is 24.4. The monoisotopic (exact) mass is 466 g/mol. The molecule has 1 aliphatic heterocycles. The van der Waals surface area contributed by atoms with Crippen molar-refractivity contribution in [1.29, 1.82) is 0 Å². The van der Waals surface area contributed by atoms with E-state index in [4.69, 9.17) is 4.74 Å². The van der Waals surface area contributed by atoms with Crippen LogP contribution in [0.2, 0.25) is 0 Å². The van der Waals surface area contributed by atoms with Gasteiger partial charge in [0.25, 0.3) is 0 Å². The summed E-state index contributed by atoms with van der Waals surface area (Å²) in [5.41, 5.74) is 4.40. The number of nitrogens with zero attached hydrogens (tertiary/aromatic N) is 1. The number of nitrogens with one attached hydrogen (secondary N) is 1. The molecule has 1 saturated heterocycles. The highest BCUT2D eigenvalue weighted by molar-refractivity contribution is 5.90. The highest BCUT2D eigenvalue weighted by atomic mass is 16.5. The topological polar surface area (TPSA) is 116 Å². The Balaban J connectivity index is 1.46. The Kier molecular flexibility index (Phi) is 6.88. The molecule has 0 bridgehead atoms. The van der Waals surface area contributed by atoms with Gasteiger partial charge in [0, 0.05) is 18.9 Å². The fraction of sp³-hybridized carbons (Fsp3) is 0.423. The lowest BCUT2D eigenvalue weighted by Crippen LogP contribution is -2.54. The van der Waals surface area contributed by atoms with Gasteiger partial charge in [-0.05, 0) is 28.2 Å². The van der Waals surface area contributed by atoms with Crippen LogP contribution in [0.3, 0.4) is 0 Å². The molecule has 34 heavy (non-hydrogen) atoms. The van der Waals surface area contributed by atoms with Crippen LogP contribution in [0.25, 0.3) is 11.1 Å². The molecule has 4 atom stereocenters. The maximum absolute atomic E-state index is 13.2. The van der Waals surface area contributed by atoms with Crippen molar-refractivity contribution in [2.24, 2.45) is 5.92 Å². The normalized spacial score (nSPS) is 20.9. The maximum Gasteiger partial charge on any atom is 0.407 e. The van der Waals surface area contributed by atoms with Crippen molar-refractivity contribution in [1.82, 2.24) is 10.2 Å². The molecular formula is C26H30N2O6. The van der Waals surface area contributed by atoms with E-state index in [1.54, 1.807) is 0 Å². The second kappa shape index (κ2) is 9.85. The molecule has 1 aliphatic carbocycles. The van der Waals surface area contributed by atoms with Crippen molar-refractivity contribution in [3.8, 4) is 11.1 Å². The first-order chi connectivity index (χ1) is 16.3. The van der Waals surface area contributed by atoms with Gasteiger partial charge >= 0.3 is 12.1 Å². The number of alkyl carbamates (subject to hydrolysis) is 1. The van der Waals surface area contributed by atoms with E-state index in [0.29, 0.717) is 6.42 Å². The molecule has 1 fully saturated rings. The second-order valence-corrected chi connectivity index (χ2v) is 9.07. The Morgan fingerprint density at radius 3 is 2.24 bits per heavy atom. The van der Waals surface area contributed by atoms with Gasteiger partial charge in [-0.1, -0.05) is 68.8 Å². The number of aliphatic carboxylic acids is 1. The summed E-state index contributed by atoms with van der Waals surface area (Å²) >= 11 is 0. The molecule has 3 N–H and O–H groups in total. The summed E-state index contributed by atoms with van der Waals surface area (Å²) in [7, 11) is 0. The molecule has 8 nitrogen and oxygen atoms in total. The lowest BCUT2D eigenvalue weighted by molar-refractivity contribution is -0.149. The van der Waals surface area contributed by atoms with Gasteiger partial charge in [-0.3, -0.25) is 4.79 Å². The van der Waals surface area contributed by atoms with Crippen molar-refractivity contribution in [2.45, 2.75) is 50.8 Å². The first kappa shape index (κ1) is 23.8. The zero-order valence-corrected chi connectivity index (χ0v) is 19.3. The number of β-amino-alcohol motifs (C(OH)–C–C–N with tert-alkyl or cyclic N) is 1. The van der Waals surface area contributed by atoms with Gasteiger partial charge in [0.2, 0.25) is 5.91 Å². The number of likely N-dealkylation sites (tertiary alicyclic amines) is 1. The minimum absolute atomic E-state index is 0.0285. The molecule has 0 spiro atoms. The molecule has 0 aromatic heterocycles. The lowest BCUT2D eigenvalue weighted by Gasteiger charge is -2.30. The molecule has 1 heterocycles. The Bertz CT molecular complexity index is 1040. The van der Waals surface area contributed by atoms with E-state index in [0.717, 1.165) is 27.2 Å². The van der Waals surface area contributed by atoms with Gasteiger partial charge < -0.3 is 25.2 Å². The van der Waals surface area contributed by atoms with Gasteiger partial charge in [0.15, 0.2) is 0 Å². The first-order valence-electron chi connectivity index (χ1n) is 11.6.